The maximum absolute atomic E-state index is 10.5. The minimum absolute atomic E-state index is 0.137. The lowest BCUT2D eigenvalue weighted by molar-refractivity contribution is -0.384. The maximum Gasteiger partial charge on any atom is 0.269 e. The molecule has 2 N–H and O–H groups in total. The van der Waals surface area contributed by atoms with E-state index in [1.165, 1.54) is 0 Å². The zero-order valence-electron chi connectivity index (χ0n) is 9.00. The first-order valence-electron chi connectivity index (χ1n) is 5.42. The highest BCUT2D eigenvalue weighted by molar-refractivity contribution is 5.51. The van der Waals surface area contributed by atoms with E-state index in [1.54, 1.807) is 24.3 Å². The summed E-state index contributed by atoms with van der Waals surface area (Å²) in [5, 5.41) is 10.5. The first kappa shape index (κ1) is 10.9. The van der Waals surface area contributed by atoms with Crippen LogP contribution in [0.4, 0.5) is 11.4 Å². The average molecular weight is 221 g/mol. The van der Waals surface area contributed by atoms with Crippen LogP contribution in [0.1, 0.15) is 12.8 Å². The Morgan fingerprint density at radius 1 is 1.25 bits per heavy atom. The number of nitro groups is 1. The summed E-state index contributed by atoms with van der Waals surface area (Å²) in [6.45, 7) is 1.86. The van der Waals surface area contributed by atoms with Crippen LogP contribution >= 0.6 is 0 Å². The van der Waals surface area contributed by atoms with Gasteiger partial charge in [0.1, 0.15) is 0 Å². The summed E-state index contributed by atoms with van der Waals surface area (Å²) >= 11 is 0. The predicted molar refractivity (Wildman–Crippen MR) is 62.5 cm³/mol. The van der Waals surface area contributed by atoms with Gasteiger partial charge in [-0.25, -0.2) is 0 Å². The van der Waals surface area contributed by atoms with E-state index in [-0.39, 0.29) is 10.6 Å². The van der Waals surface area contributed by atoms with Gasteiger partial charge in [0.15, 0.2) is 0 Å². The third kappa shape index (κ3) is 2.30. The highest BCUT2D eigenvalue weighted by Crippen LogP contribution is 2.22. The van der Waals surface area contributed by atoms with Crippen LogP contribution in [-0.2, 0) is 0 Å². The zero-order chi connectivity index (χ0) is 11.5. The van der Waals surface area contributed by atoms with E-state index in [2.05, 4.69) is 4.90 Å². The van der Waals surface area contributed by atoms with Crippen LogP contribution in [0.5, 0.6) is 0 Å². The number of hydrogen-bond donors (Lipinski definition) is 1. The Morgan fingerprint density at radius 3 is 2.31 bits per heavy atom. The van der Waals surface area contributed by atoms with Gasteiger partial charge in [0.05, 0.1) is 4.92 Å². The molecule has 0 unspecified atom stereocenters. The lowest BCUT2D eigenvalue weighted by Crippen LogP contribution is -2.39. The summed E-state index contributed by atoms with van der Waals surface area (Å²) in [6, 6.07) is 6.99. The fourth-order valence-electron chi connectivity index (χ4n) is 1.94. The van der Waals surface area contributed by atoms with Gasteiger partial charge in [-0.15, -0.1) is 0 Å². The van der Waals surface area contributed by atoms with E-state index in [4.69, 9.17) is 5.73 Å². The van der Waals surface area contributed by atoms with Gasteiger partial charge in [-0.3, -0.25) is 10.1 Å². The molecule has 86 valence electrons. The van der Waals surface area contributed by atoms with Crippen LogP contribution in [0.2, 0.25) is 0 Å². The van der Waals surface area contributed by atoms with Crippen LogP contribution in [0.25, 0.3) is 0 Å². The largest absolute Gasteiger partial charge is 0.371 e. The average Bonchev–Trinajstić information content (AvgIpc) is 2.30. The van der Waals surface area contributed by atoms with Crippen molar-refractivity contribution in [1.29, 1.82) is 0 Å². The van der Waals surface area contributed by atoms with Crippen molar-refractivity contribution in [2.24, 2.45) is 5.73 Å². The quantitative estimate of drug-likeness (QED) is 0.607. The van der Waals surface area contributed by atoms with Gasteiger partial charge in [0.25, 0.3) is 5.69 Å². The first-order valence-corrected chi connectivity index (χ1v) is 5.42. The van der Waals surface area contributed by atoms with Gasteiger partial charge in [-0.1, -0.05) is 0 Å². The number of nitrogens with two attached hydrogens (primary N) is 1. The van der Waals surface area contributed by atoms with E-state index < -0.39 is 0 Å². The van der Waals surface area contributed by atoms with Crippen molar-refractivity contribution >= 4 is 11.4 Å². The number of piperidine rings is 1. The van der Waals surface area contributed by atoms with Gasteiger partial charge in [0.2, 0.25) is 0 Å². The number of anilines is 1. The SMILES string of the molecule is NC1CCN(c2ccc([N+](=O)[O-])cc2)CC1. The van der Waals surface area contributed by atoms with Crippen LogP contribution in [-0.4, -0.2) is 24.1 Å². The smallest absolute Gasteiger partial charge is 0.269 e. The molecule has 0 radical (unpaired) electrons. The molecule has 1 aliphatic heterocycles. The standard InChI is InChI=1S/C11H15N3O2/c12-9-5-7-13(8-6-9)10-1-3-11(4-2-10)14(15)16/h1-4,9H,5-8,12H2. The molecule has 0 atom stereocenters. The molecule has 2 rings (SSSR count). The van der Waals surface area contributed by atoms with Crippen LogP contribution in [0.15, 0.2) is 24.3 Å². The summed E-state index contributed by atoms with van der Waals surface area (Å²) < 4.78 is 0. The van der Waals surface area contributed by atoms with Crippen molar-refractivity contribution in [3.63, 3.8) is 0 Å². The summed E-state index contributed by atoms with van der Waals surface area (Å²) in [5.41, 5.74) is 7.00. The third-order valence-electron chi connectivity index (χ3n) is 2.97. The second-order valence-electron chi connectivity index (χ2n) is 4.10. The van der Waals surface area contributed by atoms with Crippen LogP contribution < -0.4 is 10.6 Å². The van der Waals surface area contributed by atoms with Crippen molar-refractivity contribution in [1.82, 2.24) is 0 Å². The topological polar surface area (TPSA) is 72.4 Å². The summed E-state index contributed by atoms with van der Waals surface area (Å²) in [5.74, 6) is 0. The van der Waals surface area contributed by atoms with Crippen molar-refractivity contribution in [3.05, 3.63) is 34.4 Å². The van der Waals surface area contributed by atoms with E-state index >= 15 is 0 Å². The lowest BCUT2D eigenvalue weighted by atomic mass is 10.1. The molecule has 1 aromatic carbocycles. The van der Waals surface area contributed by atoms with Gasteiger partial charge < -0.3 is 10.6 Å². The van der Waals surface area contributed by atoms with Gasteiger partial charge in [0, 0.05) is 37.0 Å². The molecule has 1 saturated heterocycles. The van der Waals surface area contributed by atoms with Gasteiger partial charge in [-0.2, -0.15) is 0 Å². The molecule has 0 saturated carbocycles. The fraction of sp³-hybridized carbons (Fsp3) is 0.455. The first-order chi connectivity index (χ1) is 7.66. The van der Waals surface area contributed by atoms with E-state index in [0.29, 0.717) is 6.04 Å². The summed E-state index contributed by atoms with van der Waals surface area (Å²) in [4.78, 5) is 12.3. The molecule has 16 heavy (non-hydrogen) atoms. The third-order valence-corrected chi connectivity index (χ3v) is 2.97. The van der Waals surface area contributed by atoms with Crippen LogP contribution in [0, 0.1) is 10.1 Å². The van der Waals surface area contributed by atoms with E-state index in [9.17, 15) is 10.1 Å². The van der Waals surface area contributed by atoms with Gasteiger partial charge >= 0.3 is 0 Å². The zero-order valence-corrected chi connectivity index (χ0v) is 9.00. The van der Waals surface area contributed by atoms with Crippen molar-refractivity contribution in [2.45, 2.75) is 18.9 Å². The second kappa shape index (κ2) is 4.49. The molecule has 1 heterocycles. The van der Waals surface area contributed by atoms with Gasteiger partial charge in [-0.05, 0) is 25.0 Å². The number of non-ortho nitro benzene ring substituents is 1. The summed E-state index contributed by atoms with van der Waals surface area (Å²) in [6.07, 6.45) is 1.97. The minimum Gasteiger partial charge on any atom is -0.371 e. The highest BCUT2D eigenvalue weighted by Gasteiger charge is 2.16. The molecule has 0 bridgehead atoms. The Kier molecular flexibility index (Phi) is 3.05. The number of hydrogen-bond acceptors (Lipinski definition) is 4. The highest BCUT2D eigenvalue weighted by atomic mass is 16.6. The molecule has 5 nitrogen and oxygen atoms in total. The predicted octanol–water partition coefficient (Wildman–Crippen LogP) is 1.52. The van der Waals surface area contributed by atoms with Crippen molar-refractivity contribution < 1.29 is 4.92 Å². The Balaban J connectivity index is 2.07. The second-order valence-corrected chi connectivity index (χ2v) is 4.10. The molecule has 0 aromatic heterocycles. The molecular formula is C11H15N3O2. The lowest BCUT2D eigenvalue weighted by Gasteiger charge is -2.31. The summed E-state index contributed by atoms with van der Waals surface area (Å²) in [7, 11) is 0. The fourth-order valence-corrected chi connectivity index (χ4v) is 1.94. The van der Waals surface area contributed by atoms with E-state index in [0.717, 1.165) is 31.6 Å². The Morgan fingerprint density at radius 2 is 1.81 bits per heavy atom. The minimum atomic E-state index is -0.379. The molecule has 1 aromatic rings. The molecule has 0 amide bonds. The van der Waals surface area contributed by atoms with Crippen LogP contribution in [0.3, 0.4) is 0 Å². The Labute approximate surface area is 94.0 Å². The molecule has 5 heteroatoms. The number of benzene rings is 1. The number of nitro benzene ring substituents is 1. The maximum atomic E-state index is 10.5. The molecule has 1 fully saturated rings. The monoisotopic (exact) mass is 221 g/mol. The molecule has 0 spiro atoms. The molecular weight excluding hydrogens is 206 g/mol. The normalized spacial score (nSPS) is 17.4. The van der Waals surface area contributed by atoms with E-state index in [1.807, 2.05) is 0 Å². The molecule has 0 aliphatic carbocycles. The Bertz CT molecular complexity index is 369. The molecule has 1 aliphatic rings. The number of rotatable bonds is 2. The number of nitrogens with zero attached hydrogens (tertiary/aromatic N) is 2. The Hall–Kier alpha value is -1.62. The van der Waals surface area contributed by atoms with Crippen molar-refractivity contribution in [3.8, 4) is 0 Å². The van der Waals surface area contributed by atoms with Crippen molar-refractivity contribution in [2.75, 3.05) is 18.0 Å².